The summed E-state index contributed by atoms with van der Waals surface area (Å²) in [5.74, 6) is -1.88. The average Bonchev–Trinajstić information content (AvgIpc) is 3.43. The molecule has 1 aromatic carbocycles. The highest BCUT2D eigenvalue weighted by atomic mass is 35.5. The second kappa shape index (κ2) is 12.2. The van der Waals surface area contributed by atoms with Gasteiger partial charge in [0, 0.05) is 46.9 Å². The molecule has 3 aromatic rings. The van der Waals surface area contributed by atoms with Gasteiger partial charge in [-0.3, -0.25) is 14.4 Å². The van der Waals surface area contributed by atoms with Crippen molar-refractivity contribution in [3.63, 3.8) is 0 Å². The van der Waals surface area contributed by atoms with Crippen molar-refractivity contribution in [1.82, 2.24) is 30.8 Å². The van der Waals surface area contributed by atoms with E-state index in [0.29, 0.717) is 28.7 Å². The van der Waals surface area contributed by atoms with Gasteiger partial charge >= 0.3 is 5.97 Å². The van der Waals surface area contributed by atoms with Crippen LogP contribution < -0.4 is 16.0 Å². The Morgan fingerprint density at radius 3 is 2.82 bits per heavy atom. The first kappa shape index (κ1) is 30.1. The Balaban J connectivity index is 0.00000200. The van der Waals surface area contributed by atoms with Crippen LogP contribution in [-0.4, -0.2) is 76.0 Å². The van der Waals surface area contributed by atoms with E-state index in [1.165, 1.54) is 11.3 Å². The predicted molar refractivity (Wildman–Crippen MR) is 151 cm³/mol. The fraction of sp³-hybridized carbons (Fsp3) is 0.417. The van der Waals surface area contributed by atoms with Crippen molar-refractivity contribution in [3.8, 4) is 0 Å². The molecule has 0 radical (unpaired) electrons. The molecule has 0 bridgehead atoms. The zero-order valence-corrected chi connectivity index (χ0v) is 23.7. The fourth-order valence-electron chi connectivity index (χ4n) is 4.96. The van der Waals surface area contributed by atoms with E-state index in [2.05, 4.69) is 30.8 Å². The van der Waals surface area contributed by atoms with Gasteiger partial charge in [-0.25, -0.2) is 4.98 Å². The number of amides is 2. The standard InChI is InChI=1S/C24H27ClN6O4S.2ClH/c1-31-7-5-16-18(11-31)36-23(28-16)22(35)30-24(10-20(32)33)12-26-6-4-19(24)29-21(34)17-9-13-8-14(25)2-3-15(13)27-17;;/h2-3,8-9,19,26-27H,4-7,10-12H2,1H3,(H,29,34)(H,30,35)(H,32,33);2*1H. The third-order valence-corrected chi connectivity index (χ3v) is 8.11. The zero-order valence-electron chi connectivity index (χ0n) is 20.5. The zero-order chi connectivity index (χ0) is 25.4. The number of carboxylic acids is 1. The summed E-state index contributed by atoms with van der Waals surface area (Å²) in [5.41, 5.74) is 0.784. The largest absolute Gasteiger partial charge is 0.481 e. The Bertz CT molecular complexity index is 1350. The van der Waals surface area contributed by atoms with Gasteiger partial charge in [-0.05, 0) is 44.3 Å². The first-order valence-corrected chi connectivity index (χ1v) is 12.9. The van der Waals surface area contributed by atoms with Crippen molar-refractivity contribution in [2.45, 2.75) is 37.4 Å². The van der Waals surface area contributed by atoms with Crippen LogP contribution in [0.5, 0.6) is 0 Å². The third kappa shape index (κ3) is 6.24. The monoisotopic (exact) mass is 602 g/mol. The van der Waals surface area contributed by atoms with Crippen LogP contribution in [0, 0.1) is 0 Å². The van der Waals surface area contributed by atoms with Crippen molar-refractivity contribution >= 4 is 76.4 Å². The van der Waals surface area contributed by atoms with Crippen LogP contribution in [0.25, 0.3) is 10.9 Å². The van der Waals surface area contributed by atoms with Gasteiger partial charge in [0.2, 0.25) is 0 Å². The molecule has 14 heteroatoms. The number of carboxylic acid groups (broad SMARTS) is 1. The number of H-pyrrole nitrogens is 1. The van der Waals surface area contributed by atoms with E-state index in [0.717, 1.165) is 41.0 Å². The number of rotatable bonds is 6. The summed E-state index contributed by atoms with van der Waals surface area (Å²) >= 11 is 7.40. The second-order valence-corrected chi connectivity index (χ2v) is 11.0. The van der Waals surface area contributed by atoms with Crippen LogP contribution in [0.3, 0.4) is 0 Å². The molecule has 0 saturated carbocycles. The van der Waals surface area contributed by atoms with E-state index >= 15 is 0 Å². The maximum Gasteiger partial charge on any atom is 0.305 e. The van der Waals surface area contributed by atoms with Crippen LogP contribution in [0.2, 0.25) is 5.02 Å². The molecule has 5 N–H and O–H groups in total. The molecule has 4 heterocycles. The predicted octanol–water partition coefficient (Wildman–Crippen LogP) is 2.84. The summed E-state index contributed by atoms with van der Waals surface area (Å²) in [6, 6.07) is 6.37. The topological polar surface area (TPSA) is 139 Å². The Kier molecular flexibility index (Phi) is 9.66. The highest BCUT2D eigenvalue weighted by Gasteiger charge is 2.45. The molecular weight excluding hydrogens is 575 g/mol. The molecule has 10 nitrogen and oxygen atoms in total. The lowest BCUT2D eigenvalue weighted by Gasteiger charge is -2.44. The molecule has 38 heavy (non-hydrogen) atoms. The van der Waals surface area contributed by atoms with E-state index in [-0.39, 0.29) is 43.7 Å². The van der Waals surface area contributed by atoms with Crippen molar-refractivity contribution in [3.05, 3.63) is 50.6 Å². The van der Waals surface area contributed by atoms with Gasteiger partial charge in [0.05, 0.1) is 23.7 Å². The summed E-state index contributed by atoms with van der Waals surface area (Å²) in [4.78, 5) is 49.2. The number of hydrogen-bond acceptors (Lipinski definition) is 7. The van der Waals surface area contributed by atoms with Gasteiger partial charge in [-0.1, -0.05) is 11.6 Å². The molecule has 1 saturated heterocycles. The number of aromatic nitrogens is 2. The molecule has 206 valence electrons. The van der Waals surface area contributed by atoms with E-state index in [9.17, 15) is 19.5 Å². The molecule has 2 aliphatic rings. The average molecular weight is 604 g/mol. The quantitative estimate of drug-likeness (QED) is 0.292. The first-order chi connectivity index (χ1) is 17.2. The number of nitrogens with one attached hydrogen (secondary N) is 4. The second-order valence-electron chi connectivity index (χ2n) is 9.46. The van der Waals surface area contributed by atoms with E-state index in [1.807, 2.05) is 7.05 Å². The number of thiazole rings is 1. The summed E-state index contributed by atoms with van der Waals surface area (Å²) < 4.78 is 0. The minimum atomic E-state index is -1.23. The number of piperidine rings is 1. The smallest absolute Gasteiger partial charge is 0.305 e. The Labute approximate surface area is 240 Å². The van der Waals surface area contributed by atoms with Gasteiger partial charge < -0.3 is 30.9 Å². The molecule has 1 fully saturated rings. The van der Waals surface area contributed by atoms with Crippen LogP contribution in [-0.2, 0) is 17.8 Å². The van der Waals surface area contributed by atoms with Gasteiger partial charge in [0.15, 0.2) is 5.01 Å². The van der Waals surface area contributed by atoms with Crippen molar-refractivity contribution in [2.24, 2.45) is 0 Å². The molecule has 2 aromatic heterocycles. The number of likely N-dealkylation sites (N-methyl/N-ethyl adjacent to an activating group) is 1. The van der Waals surface area contributed by atoms with Crippen molar-refractivity contribution in [1.29, 1.82) is 0 Å². The lowest BCUT2D eigenvalue weighted by molar-refractivity contribution is -0.139. The minimum Gasteiger partial charge on any atom is -0.481 e. The van der Waals surface area contributed by atoms with Crippen LogP contribution in [0.4, 0.5) is 0 Å². The molecule has 2 aliphatic heterocycles. The Morgan fingerprint density at radius 1 is 1.26 bits per heavy atom. The lowest BCUT2D eigenvalue weighted by Crippen LogP contribution is -2.70. The highest BCUT2D eigenvalue weighted by Crippen LogP contribution is 2.27. The van der Waals surface area contributed by atoms with Gasteiger partial charge in [0.25, 0.3) is 11.8 Å². The lowest BCUT2D eigenvalue weighted by atomic mass is 9.81. The molecule has 0 spiro atoms. The number of aliphatic carboxylic acids is 1. The normalized spacial score (nSPS) is 21.1. The number of aromatic amines is 1. The molecule has 5 rings (SSSR count). The van der Waals surface area contributed by atoms with E-state index in [4.69, 9.17) is 11.6 Å². The molecule has 0 aliphatic carbocycles. The van der Waals surface area contributed by atoms with Crippen molar-refractivity contribution in [2.75, 3.05) is 26.7 Å². The third-order valence-electron chi connectivity index (χ3n) is 6.80. The van der Waals surface area contributed by atoms with Crippen LogP contribution >= 0.6 is 47.8 Å². The molecule has 2 amide bonds. The van der Waals surface area contributed by atoms with Crippen LogP contribution in [0.15, 0.2) is 24.3 Å². The molecule has 2 unspecified atom stereocenters. The number of carbonyl (C=O) groups is 3. The maximum atomic E-state index is 13.3. The maximum absolute atomic E-state index is 13.3. The fourth-order valence-corrected chi connectivity index (χ4v) is 6.22. The SMILES string of the molecule is CN1CCc2nc(C(=O)NC3(CC(=O)O)CNCCC3NC(=O)c3cc4cc(Cl)ccc4[nH]3)sc2C1.Cl.Cl. The van der Waals surface area contributed by atoms with E-state index in [1.54, 1.807) is 24.3 Å². The highest BCUT2D eigenvalue weighted by molar-refractivity contribution is 7.13. The Morgan fingerprint density at radius 2 is 2.05 bits per heavy atom. The molecular formula is C24H29Cl3N6O4S. The number of halogens is 3. The van der Waals surface area contributed by atoms with Crippen LogP contribution in [0.1, 0.15) is 43.7 Å². The number of hydrogen-bond donors (Lipinski definition) is 5. The number of nitrogens with zero attached hydrogens (tertiary/aromatic N) is 2. The molecule has 2 atom stereocenters. The minimum absolute atomic E-state index is 0. The summed E-state index contributed by atoms with van der Waals surface area (Å²) in [6.07, 6.45) is 0.864. The summed E-state index contributed by atoms with van der Waals surface area (Å²) in [7, 11) is 2.02. The van der Waals surface area contributed by atoms with Gasteiger partial charge in [-0.15, -0.1) is 36.2 Å². The Hall–Kier alpha value is -2.41. The first-order valence-electron chi connectivity index (χ1n) is 11.7. The van der Waals surface area contributed by atoms with Gasteiger partial charge in [0.1, 0.15) is 5.69 Å². The van der Waals surface area contributed by atoms with E-state index < -0.39 is 23.5 Å². The summed E-state index contributed by atoms with van der Waals surface area (Å²) in [5, 5.41) is 20.5. The van der Waals surface area contributed by atoms with Gasteiger partial charge in [-0.2, -0.15) is 0 Å². The number of carbonyl (C=O) groups excluding carboxylic acids is 2. The van der Waals surface area contributed by atoms with Crippen molar-refractivity contribution < 1.29 is 19.5 Å². The number of fused-ring (bicyclic) bond motifs is 2. The number of benzene rings is 1. The summed E-state index contributed by atoms with van der Waals surface area (Å²) in [6.45, 7) is 2.38.